The molecule has 0 aliphatic heterocycles. The van der Waals surface area contributed by atoms with E-state index < -0.39 is 0 Å². The van der Waals surface area contributed by atoms with E-state index in [9.17, 15) is 0 Å². The summed E-state index contributed by atoms with van der Waals surface area (Å²) in [7, 11) is 0. The van der Waals surface area contributed by atoms with Crippen molar-refractivity contribution in [1.82, 2.24) is 9.13 Å². The fourth-order valence-electron chi connectivity index (χ4n) is 19.5. The Labute approximate surface area is 667 Å². The summed E-state index contributed by atoms with van der Waals surface area (Å²) in [5, 5.41) is 7.71. The van der Waals surface area contributed by atoms with Gasteiger partial charge in [0.15, 0.2) is 0 Å². The molecule has 20 aromatic rings. The standard InChI is InChI=1S/C57H38.C54H36N2S/c1-3-12-36(13-4-1)38-22-24-39(25-23-38)56-50-29-27-42(33-53(50)54-35-51-45(34-55(54)56)31-43-16-7-8-19-46(43)51)41-26-28-49-52(32-41)47-20-9-10-21-48(47)57(49)44-18-11-17-40(30-44)37-14-5-2-6-15-37;1-3-12-35(13-4-1)37-22-26-41(27-23-37)55-51-29-25-40(32-46(51)47-34-54-48(33-52(47)55)44-19-8-10-21-53(44)57-54)39-24-28-50-45(31-39)43-18-7-9-20-49(43)56(50)42-17-11-16-38(30-42)36-14-5-2-6-15-36/h1-30,32-35,56-57H,31H2;1-12,14-35H,13H2. The lowest BCUT2D eigenvalue weighted by molar-refractivity contribution is 0.853. The van der Waals surface area contributed by atoms with Crippen LogP contribution in [-0.2, 0) is 6.42 Å². The molecule has 0 spiro atoms. The van der Waals surface area contributed by atoms with E-state index in [1.54, 1.807) is 0 Å². The molecule has 0 saturated carbocycles. The van der Waals surface area contributed by atoms with Crippen LogP contribution in [0.4, 0.5) is 0 Å². The highest BCUT2D eigenvalue weighted by Gasteiger charge is 2.35. The molecular formula is C111H74N2S. The molecule has 0 radical (unpaired) electrons. The Kier molecular flexibility index (Phi) is 15.6. The average Bonchev–Trinajstić information content (AvgIpc) is 1.57. The smallest absolute Gasteiger partial charge is 0.0548 e. The Hall–Kier alpha value is -14.0. The van der Waals surface area contributed by atoms with Crippen molar-refractivity contribution in [3.63, 3.8) is 0 Å². The number of rotatable bonds is 10. The van der Waals surface area contributed by atoms with Crippen LogP contribution in [0.2, 0.25) is 0 Å². The van der Waals surface area contributed by atoms with Crippen LogP contribution in [0.5, 0.6) is 0 Å². The van der Waals surface area contributed by atoms with Gasteiger partial charge in [0, 0.05) is 70.8 Å². The zero-order chi connectivity index (χ0) is 74.9. The highest BCUT2D eigenvalue weighted by Crippen LogP contribution is 2.55. The lowest BCUT2D eigenvalue weighted by atomic mass is 9.86. The molecule has 0 bridgehead atoms. The van der Waals surface area contributed by atoms with E-state index in [0.29, 0.717) is 5.92 Å². The maximum absolute atomic E-state index is 2.53. The Morgan fingerprint density at radius 3 is 1.46 bits per heavy atom. The summed E-state index contributed by atoms with van der Waals surface area (Å²) in [6, 6.07) is 143. The van der Waals surface area contributed by atoms with Crippen LogP contribution in [0.1, 0.15) is 74.2 Å². The number of nitrogens with zero attached hydrogens (tertiary/aromatic N) is 2. The lowest BCUT2D eigenvalue weighted by Crippen LogP contribution is -2.00. The third-order valence-electron chi connectivity index (χ3n) is 24.9. The zero-order valence-corrected chi connectivity index (χ0v) is 63.4. The van der Waals surface area contributed by atoms with Gasteiger partial charge < -0.3 is 9.13 Å². The van der Waals surface area contributed by atoms with Crippen LogP contribution in [0, 0.1) is 0 Å². The third-order valence-corrected chi connectivity index (χ3v) is 26.0. The fourth-order valence-corrected chi connectivity index (χ4v) is 20.6. The maximum atomic E-state index is 2.53. The Morgan fingerprint density at radius 2 is 0.746 bits per heavy atom. The molecule has 3 unspecified atom stereocenters. The van der Waals surface area contributed by atoms with Crippen molar-refractivity contribution in [3.05, 3.63) is 457 Å². The molecular weight excluding hydrogens is 1390 g/mol. The highest BCUT2D eigenvalue weighted by atomic mass is 32.1. The minimum Gasteiger partial charge on any atom is -0.309 e. The van der Waals surface area contributed by atoms with Crippen molar-refractivity contribution in [3.8, 4) is 100 Å². The van der Waals surface area contributed by atoms with E-state index in [-0.39, 0.29) is 11.8 Å². The number of para-hydroxylation sites is 1. The summed E-state index contributed by atoms with van der Waals surface area (Å²) >= 11 is 1.89. The summed E-state index contributed by atoms with van der Waals surface area (Å²) in [5.41, 5.74) is 40.3. The molecule has 17 aromatic carbocycles. The molecule has 3 heterocycles. The van der Waals surface area contributed by atoms with Crippen molar-refractivity contribution in [2.45, 2.75) is 30.6 Å². The molecule has 534 valence electrons. The first-order valence-electron chi connectivity index (χ1n) is 40.0. The molecule has 0 N–H and O–H groups in total. The highest BCUT2D eigenvalue weighted by molar-refractivity contribution is 7.25. The summed E-state index contributed by atoms with van der Waals surface area (Å²) in [4.78, 5) is 0. The number of thiophene rings is 1. The molecule has 4 aliphatic rings. The number of hydrogen-bond acceptors (Lipinski definition) is 1. The van der Waals surface area contributed by atoms with Crippen molar-refractivity contribution in [2.24, 2.45) is 0 Å². The summed E-state index contributed by atoms with van der Waals surface area (Å²) in [5.74, 6) is 0.800. The molecule has 4 aliphatic carbocycles. The van der Waals surface area contributed by atoms with Crippen molar-refractivity contribution in [1.29, 1.82) is 0 Å². The number of fused-ring (bicyclic) bond motifs is 18. The van der Waals surface area contributed by atoms with E-state index >= 15 is 0 Å². The van der Waals surface area contributed by atoms with Gasteiger partial charge in [-0.1, -0.05) is 315 Å². The van der Waals surface area contributed by atoms with Gasteiger partial charge in [0.05, 0.1) is 22.1 Å². The second kappa shape index (κ2) is 26.9. The van der Waals surface area contributed by atoms with Crippen LogP contribution >= 0.6 is 11.3 Å². The van der Waals surface area contributed by atoms with E-state index in [4.69, 9.17) is 0 Å². The van der Waals surface area contributed by atoms with Crippen LogP contribution in [0.3, 0.4) is 0 Å². The second-order valence-corrected chi connectivity index (χ2v) is 32.3. The Morgan fingerprint density at radius 1 is 0.237 bits per heavy atom. The minimum absolute atomic E-state index is 0.183. The van der Waals surface area contributed by atoms with Crippen molar-refractivity contribution < 1.29 is 0 Å². The van der Waals surface area contributed by atoms with Gasteiger partial charge in [-0.25, -0.2) is 0 Å². The van der Waals surface area contributed by atoms with Crippen molar-refractivity contribution in [2.75, 3.05) is 0 Å². The third kappa shape index (κ3) is 11.0. The predicted molar refractivity (Wildman–Crippen MR) is 481 cm³/mol. The second-order valence-electron chi connectivity index (χ2n) is 31.2. The van der Waals surface area contributed by atoms with Gasteiger partial charge in [0.1, 0.15) is 0 Å². The number of benzene rings is 17. The van der Waals surface area contributed by atoms with Gasteiger partial charge in [-0.15, -0.1) is 11.3 Å². The number of allylic oxidation sites excluding steroid dienone is 4. The molecule has 0 fully saturated rings. The minimum atomic E-state index is 0.183. The number of aromatic nitrogens is 2. The lowest BCUT2D eigenvalue weighted by Gasteiger charge is -2.17. The predicted octanol–water partition coefficient (Wildman–Crippen LogP) is 29.8. The molecule has 114 heavy (non-hydrogen) atoms. The quantitative estimate of drug-likeness (QED) is 0.129. The zero-order valence-electron chi connectivity index (χ0n) is 62.6. The Bertz CT molecular complexity index is 7330. The van der Waals surface area contributed by atoms with E-state index in [2.05, 4.69) is 416 Å². The van der Waals surface area contributed by atoms with Crippen LogP contribution < -0.4 is 0 Å². The van der Waals surface area contributed by atoms with E-state index in [0.717, 1.165) is 18.5 Å². The van der Waals surface area contributed by atoms with Crippen LogP contribution in [0.25, 0.3) is 164 Å². The average molecular weight is 1470 g/mol. The molecule has 24 rings (SSSR count). The largest absolute Gasteiger partial charge is 0.309 e. The Balaban J connectivity index is 0.000000135. The number of hydrogen-bond donors (Lipinski definition) is 0. The molecule has 3 aromatic heterocycles. The van der Waals surface area contributed by atoms with Gasteiger partial charge in [0.2, 0.25) is 0 Å². The van der Waals surface area contributed by atoms with Gasteiger partial charge in [-0.3, -0.25) is 0 Å². The van der Waals surface area contributed by atoms with Gasteiger partial charge in [0.25, 0.3) is 0 Å². The summed E-state index contributed by atoms with van der Waals surface area (Å²) in [6.45, 7) is 0. The molecule has 0 saturated heterocycles. The van der Waals surface area contributed by atoms with Crippen LogP contribution in [-0.4, -0.2) is 9.13 Å². The van der Waals surface area contributed by atoms with Gasteiger partial charge in [-0.05, 0) is 243 Å². The maximum Gasteiger partial charge on any atom is 0.0548 e. The molecule has 0 amide bonds. The SMILES string of the molecule is C1=CCC(c2ccc(-n3c4ccc(-c5ccc6c(c5)c5ccccc5n6-c5cccc(-c6ccccc6)c5)cc4c4cc5sc6ccccc6c5cc43)cc2)C=C1.c1ccc(-c2ccc(C3c4ccc(-c5ccc6c(c5)-c5ccccc5C6c5cccc(-c6ccccc6)c5)cc4-c4cc5c(cc43)Cc3ccccc3-5)cc2)cc1. The summed E-state index contributed by atoms with van der Waals surface area (Å²) in [6.07, 6.45) is 10.9. The van der Waals surface area contributed by atoms with Crippen LogP contribution in [0.15, 0.2) is 406 Å². The molecule has 2 nitrogen and oxygen atoms in total. The molecule has 3 atom stereocenters. The first-order valence-corrected chi connectivity index (χ1v) is 40.8. The summed E-state index contributed by atoms with van der Waals surface area (Å²) < 4.78 is 7.54. The monoisotopic (exact) mass is 1470 g/mol. The van der Waals surface area contributed by atoms with E-state index in [1.807, 2.05) is 11.3 Å². The first-order chi connectivity index (χ1) is 56.5. The van der Waals surface area contributed by atoms with E-state index in [1.165, 1.54) is 209 Å². The van der Waals surface area contributed by atoms with Gasteiger partial charge in [-0.2, -0.15) is 0 Å². The topological polar surface area (TPSA) is 9.86 Å². The first kappa shape index (κ1) is 65.9. The normalized spacial score (nSPS) is 14.8. The van der Waals surface area contributed by atoms with Crippen molar-refractivity contribution >= 4 is 75.1 Å². The molecule has 3 heteroatoms. The van der Waals surface area contributed by atoms with Gasteiger partial charge >= 0.3 is 0 Å². The fraction of sp³-hybridized carbons (Fsp3) is 0.0450.